The SMILES string of the molecule is [CH2]c1ccccc1CCBr. The topological polar surface area (TPSA) is 0 Å². The van der Waals surface area contributed by atoms with E-state index < -0.39 is 0 Å². The summed E-state index contributed by atoms with van der Waals surface area (Å²) in [6.45, 7) is 3.92. The Balaban J connectivity index is 2.81. The first-order chi connectivity index (χ1) is 4.84. The molecule has 0 atom stereocenters. The Hall–Kier alpha value is -0.300. The van der Waals surface area contributed by atoms with Crippen LogP contribution < -0.4 is 0 Å². The van der Waals surface area contributed by atoms with Crippen molar-refractivity contribution >= 4 is 15.9 Å². The van der Waals surface area contributed by atoms with Gasteiger partial charge >= 0.3 is 0 Å². The zero-order valence-corrected chi connectivity index (χ0v) is 7.39. The second-order valence-corrected chi connectivity index (χ2v) is 3.00. The minimum atomic E-state index is 1.01. The van der Waals surface area contributed by atoms with Gasteiger partial charge in [-0.05, 0) is 24.5 Å². The third kappa shape index (κ3) is 1.84. The van der Waals surface area contributed by atoms with Crippen LogP contribution in [0.4, 0.5) is 0 Å². The maximum Gasteiger partial charge on any atom is 0.00719 e. The van der Waals surface area contributed by atoms with Crippen LogP contribution in [0, 0.1) is 6.92 Å². The molecule has 0 unspecified atom stereocenters. The number of benzene rings is 1. The average molecular weight is 198 g/mol. The molecule has 0 fully saturated rings. The van der Waals surface area contributed by atoms with Crippen molar-refractivity contribution < 1.29 is 0 Å². The van der Waals surface area contributed by atoms with Crippen molar-refractivity contribution in [1.82, 2.24) is 0 Å². The van der Waals surface area contributed by atoms with Gasteiger partial charge in [-0.2, -0.15) is 0 Å². The van der Waals surface area contributed by atoms with Gasteiger partial charge in [0, 0.05) is 5.33 Å². The predicted octanol–water partition coefficient (Wildman–Crippen LogP) is 2.81. The Labute approximate surface area is 70.4 Å². The quantitative estimate of drug-likeness (QED) is 0.641. The van der Waals surface area contributed by atoms with E-state index in [4.69, 9.17) is 0 Å². The molecule has 0 saturated heterocycles. The second-order valence-electron chi connectivity index (χ2n) is 2.21. The van der Waals surface area contributed by atoms with Gasteiger partial charge in [-0.25, -0.2) is 0 Å². The lowest BCUT2D eigenvalue weighted by Gasteiger charge is -2.00. The number of hydrogen-bond donors (Lipinski definition) is 0. The van der Waals surface area contributed by atoms with Gasteiger partial charge in [0.2, 0.25) is 0 Å². The van der Waals surface area contributed by atoms with Gasteiger partial charge in [-0.3, -0.25) is 0 Å². The summed E-state index contributed by atoms with van der Waals surface area (Å²) in [5, 5.41) is 1.01. The minimum Gasteiger partial charge on any atom is -0.0924 e. The van der Waals surface area contributed by atoms with Crippen molar-refractivity contribution in [3.8, 4) is 0 Å². The van der Waals surface area contributed by atoms with E-state index in [-0.39, 0.29) is 0 Å². The lowest BCUT2D eigenvalue weighted by molar-refractivity contribution is 1.15. The van der Waals surface area contributed by atoms with Crippen LogP contribution in [0.15, 0.2) is 24.3 Å². The van der Waals surface area contributed by atoms with Crippen LogP contribution >= 0.6 is 15.9 Å². The van der Waals surface area contributed by atoms with Gasteiger partial charge in [-0.1, -0.05) is 40.2 Å². The normalized spacial score (nSPS) is 9.80. The van der Waals surface area contributed by atoms with Crippen LogP contribution in [0.3, 0.4) is 0 Å². The van der Waals surface area contributed by atoms with E-state index in [9.17, 15) is 0 Å². The van der Waals surface area contributed by atoms with Crippen LogP contribution in [0.1, 0.15) is 11.1 Å². The molecule has 0 bridgehead atoms. The fourth-order valence-electron chi connectivity index (χ4n) is 0.903. The van der Waals surface area contributed by atoms with Crippen molar-refractivity contribution in [3.05, 3.63) is 42.3 Å². The second kappa shape index (κ2) is 3.77. The van der Waals surface area contributed by atoms with Gasteiger partial charge in [0.15, 0.2) is 0 Å². The third-order valence-corrected chi connectivity index (χ3v) is 1.88. The number of aryl methyl sites for hydroxylation is 1. The van der Waals surface area contributed by atoms with Gasteiger partial charge in [0.25, 0.3) is 0 Å². The highest BCUT2D eigenvalue weighted by Crippen LogP contribution is 2.08. The predicted molar refractivity (Wildman–Crippen MR) is 48.4 cm³/mol. The molecule has 0 amide bonds. The maximum absolute atomic E-state index is 3.92. The van der Waals surface area contributed by atoms with Crippen molar-refractivity contribution in [1.29, 1.82) is 0 Å². The highest BCUT2D eigenvalue weighted by Gasteiger charge is 1.93. The lowest BCUT2D eigenvalue weighted by atomic mass is 10.1. The van der Waals surface area contributed by atoms with Crippen molar-refractivity contribution in [2.75, 3.05) is 5.33 Å². The summed E-state index contributed by atoms with van der Waals surface area (Å²) >= 11 is 3.39. The molecule has 0 nitrogen and oxygen atoms in total. The summed E-state index contributed by atoms with van der Waals surface area (Å²) in [5.41, 5.74) is 2.47. The van der Waals surface area contributed by atoms with Crippen LogP contribution in [0.5, 0.6) is 0 Å². The monoisotopic (exact) mass is 197 g/mol. The molecule has 1 rings (SSSR count). The Bertz CT molecular complexity index is 206. The summed E-state index contributed by atoms with van der Waals surface area (Å²) in [7, 11) is 0. The molecule has 1 radical (unpaired) electrons. The smallest absolute Gasteiger partial charge is 0.00719 e. The number of alkyl halides is 1. The molecule has 53 valence electrons. The van der Waals surface area contributed by atoms with Crippen molar-refractivity contribution in [3.63, 3.8) is 0 Å². The standard InChI is InChI=1S/C9H10Br/c1-8-4-2-3-5-9(8)6-7-10/h2-5H,1,6-7H2. The molecule has 0 heterocycles. The fourth-order valence-corrected chi connectivity index (χ4v) is 1.33. The van der Waals surface area contributed by atoms with E-state index in [0.717, 1.165) is 17.3 Å². The first kappa shape index (κ1) is 7.80. The summed E-state index contributed by atoms with van der Waals surface area (Å²) < 4.78 is 0. The largest absolute Gasteiger partial charge is 0.0924 e. The van der Waals surface area contributed by atoms with Crippen molar-refractivity contribution in [2.45, 2.75) is 6.42 Å². The molecule has 0 saturated carbocycles. The number of halogens is 1. The van der Waals surface area contributed by atoms with Crippen LogP contribution in [0.25, 0.3) is 0 Å². The van der Waals surface area contributed by atoms with Gasteiger partial charge in [-0.15, -0.1) is 0 Å². The average Bonchev–Trinajstić information content (AvgIpc) is 1.94. The number of rotatable bonds is 2. The minimum absolute atomic E-state index is 1.01. The van der Waals surface area contributed by atoms with E-state index in [2.05, 4.69) is 28.9 Å². The van der Waals surface area contributed by atoms with E-state index in [1.54, 1.807) is 0 Å². The Kier molecular flexibility index (Phi) is 2.94. The molecule has 1 heteroatoms. The van der Waals surface area contributed by atoms with Crippen molar-refractivity contribution in [2.24, 2.45) is 0 Å². The molecule has 0 aliphatic rings. The molecule has 0 aliphatic heterocycles. The first-order valence-corrected chi connectivity index (χ1v) is 4.42. The van der Waals surface area contributed by atoms with E-state index >= 15 is 0 Å². The maximum atomic E-state index is 3.92. The van der Waals surface area contributed by atoms with Gasteiger partial charge in [0.1, 0.15) is 0 Å². The summed E-state index contributed by atoms with van der Waals surface area (Å²) in [6.07, 6.45) is 1.07. The molecule has 0 N–H and O–H groups in total. The molecule has 1 aromatic rings. The molecule has 0 aliphatic carbocycles. The Morgan fingerprint density at radius 2 is 2.00 bits per heavy atom. The van der Waals surface area contributed by atoms with E-state index in [1.807, 2.05) is 18.2 Å². The zero-order valence-electron chi connectivity index (χ0n) is 5.81. The van der Waals surface area contributed by atoms with Gasteiger partial charge < -0.3 is 0 Å². The molecule has 10 heavy (non-hydrogen) atoms. The Morgan fingerprint density at radius 3 is 2.60 bits per heavy atom. The van der Waals surface area contributed by atoms with Crippen LogP contribution in [-0.2, 0) is 6.42 Å². The highest BCUT2D eigenvalue weighted by molar-refractivity contribution is 9.09. The summed E-state index contributed by atoms with van der Waals surface area (Å²) in [6, 6.07) is 8.22. The number of hydrogen-bond acceptors (Lipinski definition) is 0. The lowest BCUT2D eigenvalue weighted by Crippen LogP contribution is -1.88. The molecule has 1 aromatic carbocycles. The summed E-state index contributed by atoms with van der Waals surface area (Å²) in [4.78, 5) is 0. The third-order valence-electron chi connectivity index (χ3n) is 1.48. The van der Waals surface area contributed by atoms with Crippen LogP contribution in [-0.4, -0.2) is 5.33 Å². The van der Waals surface area contributed by atoms with E-state index in [1.165, 1.54) is 5.56 Å². The first-order valence-electron chi connectivity index (χ1n) is 3.30. The van der Waals surface area contributed by atoms with E-state index in [0.29, 0.717) is 0 Å². The Morgan fingerprint density at radius 1 is 1.30 bits per heavy atom. The summed E-state index contributed by atoms with van der Waals surface area (Å²) in [5.74, 6) is 0. The fraction of sp³-hybridized carbons (Fsp3) is 0.222. The molecule has 0 aromatic heterocycles. The molecular weight excluding hydrogens is 188 g/mol. The highest BCUT2D eigenvalue weighted by atomic mass is 79.9. The molecular formula is C9H10Br. The molecule has 0 spiro atoms. The zero-order chi connectivity index (χ0) is 7.40. The van der Waals surface area contributed by atoms with Gasteiger partial charge in [0.05, 0.1) is 0 Å². The van der Waals surface area contributed by atoms with Crippen LogP contribution in [0.2, 0.25) is 0 Å².